The Kier molecular flexibility index (Phi) is 6.62. The lowest BCUT2D eigenvalue weighted by molar-refractivity contribution is 0.459. The molecule has 0 heterocycles. The molecular formula is C11H25NOS. The first-order valence-electron chi connectivity index (χ1n) is 5.44. The Hall–Kier alpha value is 0.110. The van der Waals surface area contributed by atoms with Crippen molar-refractivity contribution >= 4 is 10.8 Å². The van der Waals surface area contributed by atoms with E-state index < -0.39 is 10.8 Å². The third kappa shape index (κ3) is 4.56. The van der Waals surface area contributed by atoms with E-state index in [0.29, 0.717) is 23.1 Å². The van der Waals surface area contributed by atoms with Crippen LogP contribution in [0, 0.1) is 11.8 Å². The largest absolute Gasteiger partial charge is 0.316 e. The molecule has 0 saturated carbocycles. The molecule has 14 heavy (non-hydrogen) atoms. The van der Waals surface area contributed by atoms with Crippen molar-refractivity contribution in [1.82, 2.24) is 5.32 Å². The molecular weight excluding hydrogens is 194 g/mol. The molecule has 0 aromatic rings. The Morgan fingerprint density at radius 1 is 1.07 bits per heavy atom. The summed E-state index contributed by atoms with van der Waals surface area (Å²) in [5.41, 5.74) is 0. The van der Waals surface area contributed by atoms with Crippen LogP contribution in [0.2, 0.25) is 0 Å². The number of hydrogen-bond acceptors (Lipinski definition) is 2. The highest BCUT2D eigenvalue weighted by Gasteiger charge is 2.20. The van der Waals surface area contributed by atoms with Crippen molar-refractivity contribution in [2.75, 3.05) is 12.8 Å². The standard InChI is InChI=1S/C11H25NOS/c1-8(2)10(5)14(13)7-11(12-6)9(3)4/h8-12H,7H2,1-6H3. The van der Waals surface area contributed by atoms with Crippen molar-refractivity contribution in [2.45, 2.75) is 45.9 Å². The molecule has 0 aliphatic rings. The van der Waals surface area contributed by atoms with Crippen molar-refractivity contribution in [3.63, 3.8) is 0 Å². The van der Waals surface area contributed by atoms with E-state index in [1.165, 1.54) is 0 Å². The van der Waals surface area contributed by atoms with Gasteiger partial charge in [-0.05, 0) is 18.9 Å². The fourth-order valence-corrected chi connectivity index (χ4v) is 3.06. The quantitative estimate of drug-likeness (QED) is 0.740. The Bertz CT molecular complexity index is 180. The van der Waals surface area contributed by atoms with Gasteiger partial charge in [-0.1, -0.05) is 34.6 Å². The molecule has 0 amide bonds. The Balaban J connectivity index is 4.15. The van der Waals surface area contributed by atoms with Gasteiger partial charge >= 0.3 is 0 Å². The molecule has 3 unspecified atom stereocenters. The summed E-state index contributed by atoms with van der Waals surface area (Å²) in [5.74, 6) is 1.82. The Labute approximate surface area is 91.3 Å². The molecule has 1 N–H and O–H groups in total. The van der Waals surface area contributed by atoms with E-state index in [9.17, 15) is 4.21 Å². The van der Waals surface area contributed by atoms with Crippen molar-refractivity contribution in [3.8, 4) is 0 Å². The summed E-state index contributed by atoms with van der Waals surface area (Å²) < 4.78 is 11.9. The summed E-state index contributed by atoms with van der Waals surface area (Å²) in [4.78, 5) is 0. The van der Waals surface area contributed by atoms with Crippen LogP contribution in [-0.2, 0) is 10.8 Å². The van der Waals surface area contributed by atoms with Crippen LogP contribution in [-0.4, -0.2) is 28.3 Å². The minimum Gasteiger partial charge on any atom is -0.316 e. The third-order valence-corrected chi connectivity index (χ3v) is 4.93. The van der Waals surface area contributed by atoms with Crippen LogP contribution >= 0.6 is 0 Å². The fourth-order valence-electron chi connectivity index (χ4n) is 1.24. The van der Waals surface area contributed by atoms with Gasteiger partial charge in [0, 0.05) is 27.8 Å². The van der Waals surface area contributed by atoms with Crippen molar-refractivity contribution in [1.29, 1.82) is 0 Å². The lowest BCUT2D eigenvalue weighted by atomic mass is 10.1. The molecule has 0 spiro atoms. The number of hydrogen-bond donors (Lipinski definition) is 1. The van der Waals surface area contributed by atoms with Crippen LogP contribution in [0.4, 0.5) is 0 Å². The van der Waals surface area contributed by atoms with Crippen LogP contribution in [0.5, 0.6) is 0 Å². The normalized spacial score (nSPS) is 18.6. The molecule has 0 saturated heterocycles. The zero-order chi connectivity index (χ0) is 11.3. The average Bonchev–Trinajstić information content (AvgIpc) is 2.11. The zero-order valence-corrected chi connectivity index (χ0v) is 11.1. The minimum absolute atomic E-state index is 0.296. The molecule has 86 valence electrons. The second-order valence-corrected chi connectivity index (χ2v) is 6.47. The van der Waals surface area contributed by atoms with Crippen molar-refractivity contribution < 1.29 is 4.21 Å². The first-order valence-corrected chi connectivity index (χ1v) is 6.82. The van der Waals surface area contributed by atoms with E-state index in [4.69, 9.17) is 0 Å². The first kappa shape index (κ1) is 14.1. The fraction of sp³-hybridized carbons (Fsp3) is 1.00. The number of nitrogens with one attached hydrogen (secondary N) is 1. The highest BCUT2D eigenvalue weighted by Crippen LogP contribution is 2.12. The third-order valence-electron chi connectivity index (χ3n) is 2.87. The maximum atomic E-state index is 11.9. The van der Waals surface area contributed by atoms with Crippen LogP contribution in [0.15, 0.2) is 0 Å². The van der Waals surface area contributed by atoms with Gasteiger partial charge < -0.3 is 5.32 Å². The summed E-state index contributed by atoms with van der Waals surface area (Å²) in [6, 6.07) is 0.372. The lowest BCUT2D eigenvalue weighted by Crippen LogP contribution is -2.38. The topological polar surface area (TPSA) is 29.1 Å². The molecule has 3 atom stereocenters. The first-order chi connectivity index (χ1) is 6.40. The maximum absolute atomic E-state index is 11.9. The monoisotopic (exact) mass is 219 g/mol. The summed E-state index contributed by atoms with van der Waals surface area (Å²) in [7, 11) is 1.24. The van der Waals surface area contributed by atoms with E-state index in [-0.39, 0.29) is 0 Å². The van der Waals surface area contributed by atoms with E-state index in [1.54, 1.807) is 0 Å². The Morgan fingerprint density at radius 3 is 1.86 bits per heavy atom. The summed E-state index contributed by atoms with van der Waals surface area (Å²) in [6.45, 7) is 10.7. The molecule has 0 aliphatic heterocycles. The Morgan fingerprint density at radius 2 is 1.57 bits per heavy atom. The predicted molar refractivity (Wildman–Crippen MR) is 65.0 cm³/mol. The molecule has 0 bridgehead atoms. The average molecular weight is 219 g/mol. The highest BCUT2D eigenvalue weighted by atomic mass is 32.2. The van der Waals surface area contributed by atoms with Crippen LogP contribution in [0.25, 0.3) is 0 Å². The van der Waals surface area contributed by atoms with E-state index in [1.807, 2.05) is 7.05 Å². The van der Waals surface area contributed by atoms with Gasteiger partial charge in [0.05, 0.1) is 0 Å². The molecule has 0 aliphatic carbocycles. The van der Waals surface area contributed by atoms with Gasteiger partial charge in [0.2, 0.25) is 0 Å². The number of rotatable bonds is 6. The van der Waals surface area contributed by atoms with Gasteiger partial charge in [0.15, 0.2) is 0 Å². The van der Waals surface area contributed by atoms with Crippen LogP contribution < -0.4 is 5.32 Å². The minimum atomic E-state index is -0.708. The zero-order valence-electron chi connectivity index (χ0n) is 10.3. The van der Waals surface area contributed by atoms with Crippen LogP contribution in [0.1, 0.15) is 34.6 Å². The summed E-state index contributed by atoms with van der Waals surface area (Å²) >= 11 is 0. The molecule has 3 heteroatoms. The molecule has 0 fully saturated rings. The van der Waals surface area contributed by atoms with Gasteiger partial charge in [-0.15, -0.1) is 0 Å². The summed E-state index contributed by atoms with van der Waals surface area (Å²) in [6.07, 6.45) is 0. The van der Waals surface area contributed by atoms with Gasteiger partial charge in [0.25, 0.3) is 0 Å². The molecule has 0 aromatic heterocycles. The SMILES string of the molecule is CNC(CS(=O)C(C)C(C)C)C(C)C. The molecule has 0 rings (SSSR count). The summed E-state index contributed by atoms with van der Waals surface area (Å²) in [5, 5.41) is 3.53. The molecule has 2 nitrogen and oxygen atoms in total. The second-order valence-electron chi connectivity index (χ2n) is 4.64. The molecule has 0 aromatic carbocycles. The highest BCUT2D eigenvalue weighted by molar-refractivity contribution is 7.85. The molecule has 0 radical (unpaired) electrons. The van der Waals surface area contributed by atoms with E-state index in [0.717, 1.165) is 5.75 Å². The predicted octanol–water partition coefficient (Wildman–Crippen LogP) is 2.02. The van der Waals surface area contributed by atoms with Crippen LogP contribution in [0.3, 0.4) is 0 Å². The van der Waals surface area contributed by atoms with Crippen molar-refractivity contribution in [2.24, 2.45) is 11.8 Å². The van der Waals surface area contributed by atoms with Crippen molar-refractivity contribution in [3.05, 3.63) is 0 Å². The lowest BCUT2D eigenvalue weighted by Gasteiger charge is -2.23. The maximum Gasteiger partial charge on any atom is 0.0394 e. The van der Waals surface area contributed by atoms with E-state index in [2.05, 4.69) is 39.9 Å². The van der Waals surface area contributed by atoms with Gasteiger partial charge in [0.1, 0.15) is 0 Å². The van der Waals surface area contributed by atoms with Gasteiger partial charge in [-0.25, -0.2) is 0 Å². The van der Waals surface area contributed by atoms with Gasteiger partial charge in [-0.3, -0.25) is 4.21 Å². The second kappa shape index (κ2) is 6.57. The smallest absolute Gasteiger partial charge is 0.0394 e. The van der Waals surface area contributed by atoms with Gasteiger partial charge in [-0.2, -0.15) is 0 Å². The van der Waals surface area contributed by atoms with E-state index >= 15 is 0 Å².